The van der Waals surface area contributed by atoms with E-state index in [1.165, 1.54) is 17.5 Å². The smallest absolute Gasteiger partial charge is 0.0896 e. The average Bonchev–Trinajstić information content (AvgIpc) is 2.26. The molecule has 1 aromatic rings. The van der Waals surface area contributed by atoms with E-state index in [0.29, 0.717) is 5.92 Å². The van der Waals surface area contributed by atoms with Crippen molar-refractivity contribution in [1.29, 1.82) is 0 Å². The first kappa shape index (κ1) is 14.6. The Labute approximate surface area is 118 Å². The molecular formula is C18H28O. The number of hydrogen-bond acceptors (Lipinski definition) is 1. The molecule has 1 N–H and O–H groups in total. The maximum Gasteiger partial charge on any atom is 0.0896 e. The fourth-order valence-corrected chi connectivity index (χ4v) is 3.91. The van der Waals surface area contributed by atoms with Gasteiger partial charge in [-0.15, -0.1) is 0 Å². The molecule has 1 nitrogen and oxygen atoms in total. The van der Waals surface area contributed by atoms with Gasteiger partial charge in [0.2, 0.25) is 0 Å². The van der Waals surface area contributed by atoms with Crippen molar-refractivity contribution < 1.29 is 5.11 Å². The van der Waals surface area contributed by atoms with Crippen LogP contribution >= 0.6 is 0 Å². The van der Waals surface area contributed by atoms with Crippen molar-refractivity contribution in [2.45, 2.75) is 59.5 Å². The van der Waals surface area contributed by atoms with E-state index in [2.05, 4.69) is 45.9 Å². The Bertz CT molecular complexity index is 417. The fourth-order valence-electron chi connectivity index (χ4n) is 3.91. The van der Waals surface area contributed by atoms with E-state index in [1.807, 2.05) is 6.92 Å². The molecule has 0 spiro atoms. The Morgan fingerprint density at radius 3 is 1.89 bits per heavy atom. The first-order valence-electron chi connectivity index (χ1n) is 7.60. The molecule has 2 rings (SSSR count). The van der Waals surface area contributed by atoms with Gasteiger partial charge in [-0.2, -0.15) is 0 Å². The van der Waals surface area contributed by atoms with Crippen LogP contribution in [0.2, 0.25) is 0 Å². The van der Waals surface area contributed by atoms with Crippen LogP contribution in [0.15, 0.2) is 18.2 Å². The Morgan fingerprint density at radius 1 is 0.947 bits per heavy atom. The van der Waals surface area contributed by atoms with Gasteiger partial charge in [-0.25, -0.2) is 0 Å². The third kappa shape index (κ3) is 3.20. The lowest BCUT2D eigenvalue weighted by Gasteiger charge is -2.41. The van der Waals surface area contributed by atoms with Gasteiger partial charge in [-0.3, -0.25) is 0 Å². The molecule has 0 aromatic heterocycles. The van der Waals surface area contributed by atoms with Crippen LogP contribution in [0, 0.1) is 31.6 Å². The lowest BCUT2D eigenvalue weighted by molar-refractivity contribution is -0.0387. The highest BCUT2D eigenvalue weighted by Crippen LogP contribution is 2.43. The van der Waals surface area contributed by atoms with Gasteiger partial charge >= 0.3 is 0 Å². The highest BCUT2D eigenvalue weighted by Gasteiger charge is 2.38. The molecule has 1 aromatic carbocycles. The molecule has 1 heteroatoms. The minimum atomic E-state index is -0.695. The van der Waals surface area contributed by atoms with Crippen molar-refractivity contribution in [3.8, 4) is 0 Å². The van der Waals surface area contributed by atoms with Crippen LogP contribution in [0.25, 0.3) is 0 Å². The van der Waals surface area contributed by atoms with Gasteiger partial charge in [0, 0.05) is 0 Å². The van der Waals surface area contributed by atoms with Gasteiger partial charge in [0.05, 0.1) is 5.60 Å². The first-order chi connectivity index (χ1) is 8.79. The third-order valence-corrected chi connectivity index (χ3v) is 4.78. The van der Waals surface area contributed by atoms with Gasteiger partial charge in [0.15, 0.2) is 0 Å². The average molecular weight is 260 g/mol. The normalized spacial score (nSPS) is 30.9. The third-order valence-electron chi connectivity index (χ3n) is 4.78. The zero-order valence-corrected chi connectivity index (χ0v) is 13.0. The molecule has 0 heterocycles. The number of rotatable bonds is 2. The van der Waals surface area contributed by atoms with Gasteiger partial charge in [-0.05, 0) is 63.4 Å². The summed E-state index contributed by atoms with van der Waals surface area (Å²) in [6, 6.07) is 6.47. The van der Waals surface area contributed by atoms with Crippen LogP contribution in [0.4, 0.5) is 0 Å². The van der Waals surface area contributed by atoms with Crippen molar-refractivity contribution in [3.05, 3.63) is 34.9 Å². The second-order valence-electron chi connectivity index (χ2n) is 7.14. The summed E-state index contributed by atoms with van der Waals surface area (Å²) in [5, 5.41) is 11.1. The van der Waals surface area contributed by atoms with Crippen LogP contribution in [-0.2, 0) is 5.60 Å². The van der Waals surface area contributed by atoms with E-state index >= 15 is 0 Å². The molecule has 0 bridgehead atoms. The van der Waals surface area contributed by atoms with Crippen LogP contribution in [0.1, 0.15) is 56.7 Å². The number of benzene rings is 1. The van der Waals surface area contributed by atoms with Crippen molar-refractivity contribution >= 4 is 0 Å². The van der Waals surface area contributed by atoms with Crippen LogP contribution in [0.5, 0.6) is 0 Å². The summed E-state index contributed by atoms with van der Waals surface area (Å²) in [5.41, 5.74) is 2.88. The lowest BCUT2D eigenvalue weighted by Crippen LogP contribution is -2.37. The highest BCUT2D eigenvalue weighted by molar-refractivity contribution is 5.32. The van der Waals surface area contributed by atoms with E-state index in [-0.39, 0.29) is 0 Å². The molecule has 1 aliphatic rings. The van der Waals surface area contributed by atoms with E-state index in [9.17, 15) is 5.11 Å². The lowest BCUT2D eigenvalue weighted by atomic mass is 9.68. The molecule has 0 aliphatic heterocycles. The summed E-state index contributed by atoms with van der Waals surface area (Å²) >= 11 is 0. The Hall–Kier alpha value is -0.820. The molecule has 106 valence electrons. The standard InChI is InChI=1S/C18H28O/c1-12-6-13(2)9-16(8-12)18(5,19)17-10-14(3)7-15(4)11-17/h6,8-9,14-15,17,19H,7,10-11H2,1-5H3. The zero-order chi connectivity index (χ0) is 14.2. The SMILES string of the molecule is Cc1cc(C)cc(C(C)(O)C2CC(C)CC(C)C2)c1. The quantitative estimate of drug-likeness (QED) is 0.825. The van der Waals surface area contributed by atoms with Crippen molar-refractivity contribution in [1.82, 2.24) is 0 Å². The summed E-state index contributed by atoms with van der Waals surface area (Å²) in [4.78, 5) is 0. The summed E-state index contributed by atoms with van der Waals surface area (Å²) < 4.78 is 0. The predicted molar refractivity (Wildman–Crippen MR) is 81.2 cm³/mol. The molecule has 19 heavy (non-hydrogen) atoms. The number of hydrogen-bond donors (Lipinski definition) is 1. The van der Waals surface area contributed by atoms with E-state index in [0.717, 1.165) is 30.2 Å². The van der Waals surface area contributed by atoms with Gasteiger partial charge < -0.3 is 5.11 Å². The van der Waals surface area contributed by atoms with Crippen molar-refractivity contribution in [3.63, 3.8) is 0 Å². The molecule has 3 atom stereocenters. The molecule has 1 fully saturated rings. The fraction of sp³-hybridized carbons (Fsp3) is 0.667. The first-order valence-corrected chi connectivity index (χ1v) is 7.60. The number of aliphatic hydroxyl groups is 1. The summed E-state index contributed by atoms with van der Waals surface area (Å²) in [6.45, 7) is 10.9. The molecular weight excluding hydrogens is 232 g/mol. The van der Waals surface area contributed by atoms with Crippen molar-refractivity contribution in [2.24, 2.45) is 17.8 Å². The van der Waals surface area contributed by atoms with Crippen molar-refractivity contribution in [2.75, 3.05) is 0 Å². The van der Waals surface area contributed by atoms with Crippen LogP contribution < -0.4 is 0 Å². The summed E-state index contributed by atoms with van der Waals surface area (Å²) in [5.74, 6) is 1.84. The molecule has 1 aliphatic carbocycles. The zero-order valence-electron chi connectivity index (χ0n) is 13.0. The minimum Gasteiger partial charge on any atom is -0.385 e. The van der Waals surface area contributed by atoms with Gasteiger partial charge in [0.25, 0.3) is 0 Å². The van der Waals surface area contributed by atoms with Gasteiger partial charge in [-0.1, -0.05) is 43.2 Å². The molecule has 3 unspecified atom stereocenters. The predicted octanol–water partition coefficient (Wildman–Crippen LogP) is 4.58. The van der Waals surface area contributed by atoms with Gasteiger partial charge in [0.1, 0.15) is 0 Å². The molecule has 0 saturated heterocycles. The molecule has 0 radical (unpaired) electrons. The topological polar surface area (TPSA) is 20.2 Å². The maximum absolute atomic E-state index is 11.1. The second kappa shape index (κ2) is 5.28. The molecule has 1 saturated carbocycles. The van der Waals surface area contributed by atoms with E-state index in [1.54, 1.807) is 0 Å². The molecule has 0 amide bonds. The van der Waals surface area contributed by atoms with Crippen LogP contribution in [0.3, 0.4) is 0 Å². The Morgan fingerprint density at radius 2 is 1.42 bits per heavy atom. The second-order valence-corrected chi connectivity index (χ2v) is 7.14. The van der Waals surface area contributed by atoms with E-state index in [4.69, 9.17) is 0 Å². The minimum absolute atomic E-state index is 0.382. The van der Waals surface area contributed by atoms with E-state index < -0.39 is 5.60 Å². The Balaban J connectivity index is 2.30. The largest absolute Gasteiger partial charge is 0.385 e. The summed E-state index contributed by atoms with van der Waals surface area (Å²) in [7, 11) is 0. The highest BCUT2D eigenvalue weighted by atomic mass is 16.3. The maximum atomic E-state index is 11.1. The summed E-state index contributed by atoms with van der Waals surface area (Å²) in [6.07, 6.45) is 3.59. The monoisotopic (exact) mass is 260 g/mol. The van der Waals surface area contributed by atoms with Crippen LogP contribution in [-0.4, -0.2) is 5.11 Å². The number of aryl methyl sites for hydroxylation is 2. The Kier molecular flexibility index (Phi) is 4.06.